The van der Waals surface area contributed by atoms with Crippen LogP contribution in [0.1, 0.15) is 12.0 Å². The number of hydrogen-bond acceptors (Lipinski definition) is 3. The van der Waals surface area contributed by atoms with Crippen LogP contribution in [0.5, 0.6) is 0 Å². The van der Waals surface area contributed by atoms with Crippen molar-refractivity contribution in [3.8, 4) is 0 Å². The van der Waals surface area contributed by atoms with Crippen molar-refractivity contribution in [2.45, 2.75) is 12.8 Å². The van der Waals surface area contributed by atoms with Crippen LogP contribution < -0.4 is 5.32 Å². The van der Waals surface area contributed by atoms with Gasteiger partial charge in [-0.15, -0.1) is 0 Å². The van der Waals surface area contributed by atoms with Crippen molar-refractivity contribution in [3.05, 3.63) is 60.6 Å². The van der Waals surface area contributed by atoms with Gasteiger partial charge in [0.1, 0.15) is 5.52 Å². The Morgan fingerprint density at radius 1 is 1.05 bits per heavy atom. The van der Waals surface area contributed by atoms with Crippen molar-refractivity contribution in [2.24, 2.45) is 0 Å². The fourth-order valence-corrected chi connectivity index (χ4v) is 2.14. The lowest BCUT2D eigenvalue weighted by molar-refractivity contribution is 0.856. The highest BCUT2D eigenvalue weighted by Gasteiger charge is 2.01. The van der Waals surface area contributed by atoms with E-state index in [2.05, 4.69) is 39.7 Å². The average Bonchev–Trinajstić information content (AvgIpc) is 2.94. The van der Waals surface area contributed by atoms with Gasteiger partial charge in [0.15, 0.2) is 5.82 Å². The van der Waals surface area contributed by atoms with Crippen LogP contribution in [0, 0.1) is 0 Å². The second-order valence-corrected chi connectivity index (χ2v) is 4.45. The lowest BCUT2D eigenvalue weighted by Crippen LogP contribution is -2.06. The number of benzene rings is 1. The van der Waals surface area contributed by atoms with Crippen LogP contribution in [0.2, 0.25) is 0 Å². The van der Waals surface area contributed by atoms with Gasteiger partial charge in [0.2, 0.25) is 0 Å². The zero-order chi connectivity index (χ0) is 12.9. The molecule has 0 radical (unpaired) electrons. The van der Waals surface area contributed by atoms with Gasteiger partial charge in [-0.1, -0.05) is 30.3 Å². The molecule has 1 aromatic carbocycles. The maximum Gasteiger partial charge on any atom is 0.152 e. The molecule has 0 amide bonds. The maximum atomic E-state index is 4.35. The van der Waals surface area contributed by atoms with E-state index in [0.717, 1.165) is 30.7 Å². The zero-order valence-electron chi connectivity index (χ0n) is 10.7. The Morgan fingerprint density at radius 2 is 1.95 bits per heavy atom. The van der Waals surface area contributed by atoms with Crippen LogP contribution >= 0.6 is 0 Å². The number of nitrogens with zero attached hydrogens (tertiary/aromatic N) is 3. The lowest BCUT2D eigenvalue weighted by Gasteiger charge is -2.06. The summed E-state index contributed by atoms with van der Waals surface area (Å²) in [5, 5.41) is 7.56. The summed E-state index contributed by atoms with van der Waals surface area (Å²) in [6, 6.07) is 12.5. The Balaban J connectivity index is 1.57. The van der Waals surface area contributed by atoms with Gasteiger partial charge in [0.05, 0.1) is 6.20 Å². The van der Waals surface area contributed by atoms with E-state index >= 15 is 0 Å². The lowest BCUT2D eigenvalue weighted by atomic mass is 10.1. The number of aryl methyl sites for hydroxylation is 1. The molecule has 0 fully saturated rings. The first-order valence-electron chi connectivity index (χ1n) is 6.49. The second kappa shape index (κ2) is 5.52. The molecular weight excluding hydrogens is 236 g/mol. The van der Waals surface area contributed by atoms with Crippen molar-refractivity contribution >= 4 is 11.3 Å². The first-order valence-corrected chi connectivity index (χ1v) is 6.49. The Hall–Kier alpha value is -2.36. The van der Waals surface area contributed by atoms with Crippen molar-refractivity contribution in [3.63, 3.8) is 0 Å². The van der Waals surface area contributed by atoms with Gasteiger partial charge in [-0.2, -0.15) is 5.10 Å². The van der Waals surface area contributed by atoms with Crippen LogP contribution in [0.15, 0.2) is 55.0 Å². The fraction of sp³-hybridized carbons (Fsp3) is 0.200. The van der Waals surface area contributed by atoms with Crippen molar-refractivity contribution in [2.75, 3.05) is 11.9 Å². The smallest absolute Gasteiger partial charge is 0.152 e. The molecule has 0 atom stereocenters. The van der Waals surface area contributed by atoms with E-state index in [-0.39, 0.29) is 0 Å². The average molecular weight is 252 g/mol. The van der Waals surface area contributed by atoms with E-state index in [1.54, 1.807) is 12.4 Å². The minimum Gasteiger partial charge on any atom is -0.368 e. The molecule has 96 valence electrons. The van der Waals surface area contributed by atoms with E-state index in [9.17, 15) is 0 Å². The molecule has 2 heterocycles. The highest BCUT2D eigenvalue weighted by atomic mass is 15.2. The number of hydrogen-bond donors (Lipinski definition) is 1. The summed E-state index contributed by atoms with van der Waals surface area (Å²) in [7, 11) is 0. The van der Waals surface area contributed by atoms with Crippen molar-refractivity contribution < 1.29 is 0 Å². The molecule has 0 spiro atoms. The van der Waals surface area contributed by atoms with E-state index < -0.39 is 0 Å². The normalized spacial score (nSPS) is 10.7. The summed E-state index contributed by atoms with van der Waals surface area (Å²) < 4.78 is 1.83. The molecule has 0 saturated carbocycles. The predicted molar refractivity (Wildman–Crippen MR) is 76.2 cm³/mol. The van der Waals surface area contributed by atoms with E-state index in [1.807, 2.05) is 22.8 Å². The first-order chi connectivity index (χ1) is 9.43. The number of anilines is 1. The Labute approximate surface area is 112 Å². The molecule has 3 aromatic rings. The minimum absolute atomic E-state index is 0.896. The van der Waals surface area contributed by atoms with E-state index in [1.165, 1.54) is 5.56 Å². The standard InChI is InChI=1S/C15H16N4/c1-2-5-13(6-3-1)7-4-9-16-15-14-8-10-18-19(14)12-11-17-15/h1-3,5-6,8,10-12H,4,7,9H2,(H,16,17). The molecule has 0 aliphatic heterocycles. The van der Waals surface area contributed by atoms with Gasteiger partial charge < -0.3 is 5.32 Å². The van der Waals surface area contributed by atoms with Gasteiger partial charge in [-0.05, 0) is 24.5 Å². The summed E-state index contributed by atoms with van der Waals surface area (Å²) in [6.07, 6.45) is 7.56. The molecule has 0 aliphatic rings. The molecule has 0 bridgehead atoms. The SMILES string of the molecule is c1ccc(CCCNc2nccn3nccc23)cc1. The second-order valence-electron chi connectivity index (χ2n) is 4.45. The van der Waals surface area contributed by atoms with Crippen LogP contribution in [0.3, 0.4) is 0 Å². The van der Waals surface area contributed by atoms with Crippen LogP contribution in [-0.2, 0) is 6.42 Å². The minimum atomic E-state index is 0.896. The van der Waals surface area contributed by atoms with Crippen LogP contribution in [-0.4, -0.2) is 21.1 Å². The molecule has 4 nitrogen and oxygen atoms in total. The molecule has 4 heteroatoms. The topological polar surface area (TPSA) is 42.2 Å². The third kappa shape index (κ3) is 2.73. The summed E-state index contributed by atoms with van der Waals surface area (Å²) in [4.78, 5) is 4.35. The number of fused-ring (bicyclic) bond motifs is 1. The van der Waals surface area contributed by atoms with Gasteiger partial charge in [0, 0.05) is 18.9 Å². The van der Waals surface area contributed by atoms with E-state index in [4.69, 9.17) is 0 Å². The van der Waals surface area contributed by atoms with Crippen molar-refractivity contribution in [1.29, 1.82) is 0 Å². The summed E-state index contributed by atoms with van der Waals surface area (Å²) in [5.41, 5.74) is 2.39. The van der Waals surface area contributed by atoms with Gasteiger partial charge >= 0.3 is 0 Å². The predicted octanol–water partition coefficient (Wildman–Crippen LogP) is 2.77. The molecule has 0 aliphatic carbocycles. The monoisotopic (exact) mass is 252 g/mol. The molecular formula is C15H16N4. The Kier molecular flexibility index (Phi) is 3.40. The Bertz CT molecular complexity index is 645. The highest BCUT2D eigenvalue weighted by Crippen LogP contribution is 2.12. The maximum absolute atomic E-state index is 4.35. The third-order valence-corrected chi connectivity index (χ3v) is 3.10. The first kappa shape index (κ1) is 11.7. The Morgan fingerprint density at radius 3 is 2.84 bits per heavy atom. The quantitative estimate of drug-likeness (QED) is 0.710. The van der Waals surface area contributed by atoms with Gasteiger partial charge in [0.25, 0.3) is 0 Å². The molecule has 0 saturated heterocycles. The molecule has 2 aromatic heterocycles. The number of aromatic nitrogens is 3. The summed E-state index contributed by atoms with van der Waals surface area (Å²) in [5.74, 6) is 0.896. The molecule has 3 rings (SSSR count). The molecule has 0 unspecified atom stereocenters. The highest BCUT2D eigenvalue weighted by molar-refractivity contribution is 5.66. The number of rotatable bonds is 5. The number of nitrogens with one attached hydrogen (secondary N) is 1. The van der Waals surface area contributed by atoms with Crippen LogP contribution in [0.4, 0.5) is 5.82 Å². The summed E-state index contributed by atoms with van der Waals surface area (Å²) in [6.45, 7) is 0.909. The van der Waals surface area contributed by atoms with Gasteiger partial charge in [-0.3, -0.25) is 0 Å². The molecule has 19 heavy (non-hydrogen) atoms. The van der Waals surface area contributed by atoms with Crippen molar-refractivity contribution in [1.82, 2.24) is 14.6 Å². The van der Waals surface area contributed by atoms with E-state index in [0.29, 0.717) is 0 Å². The zero-order valence-corrected chi connectivity index (χ0v) is 10.7. The summed E-state index contributed by atoms with van der Waals surface area (Å²) >= 11 is 0. The fourth-order valence-electron chi connectivity index (χ4n) is 2.14. The van der Waals surface area contributed by atoms with Gasteiger partial charge in [-0.25, -0.2) is 9.50 Å². The van der Waals surface area contributed by atoms with Crippen LogP contribution in [0.25, 0.3) is 5.52 Å². The largest absolute Gasteiger partial charge is 0.368 e. The molecule has 1 N–H and O–H groups in total. The third-order valence-electron chi connectivity index (χ3n) is 3.10.